The van der Waals surface area contributed by atoms with E-state index >= 15 is 0 Å². The van der Waals surface area contributed by atoms with Gasteiger partial charge in [0.2, 0.25) is 0 Å². The highest BCUT2D eigenvalue weighted by Crippen LogP contribution is 2.35. The van der Waals surface area contributed by atoms with E-state index in [0.717, 1.165) is 0 Å². The van der Waals surface area contributed by atoms with Gasteiger partial charge in [0.1, 0.15) is 5.82 Å². The van der Waals surface area contributed by atoms with Crippen LogP contribution in [0.15, 0.2) is 39.6 Å². The fourth-order valence-electron chi connectivity index (χ4n) is 1.33. The minimum Gasteiger partial charge on any atom is -0.472 e. The fourth-order valence-corrected chi connectivity index (χ4v) is 2.11. The molecule has 1 nitrogen and oxygen atoms in total. The molecule has 0 aliphatic rings. The van der Waals surface area contributed by atoms with Crippen LogP contribution in [0.25, 0.3) is 0 Å². The first-order valence-corrected chi connectivity index (χ1v) is 6.01. The van der Waals surface area contributed by atoms with Gasteiger partial charge in [-0.25, -0.2) is 4.39 Å². The van der Waals surface area contributed by atoms with E-state index in [1.807, 2.05) is 0 Å². The quantitative estimate of drug-likeness (QED) is 0.549. The van der Waals surface area contributed by atoms with Crippen molar-refractivity contribution in [2.75, 3.05) is 0 Å². The second-order valence-electron chi connectivity index (χ2n) is 3.21. The monoisotopic (exact) mass is 322 g/mol. The van der Waals surface area contributed by atoms with Crippen molar-refractivity contribution in [2.24, 2.45) is 0 Å². The highest BCUT2D eigenvalue weighted by atomic mass is 79.9. The zero-order valence-corrected chi connectivity index (χ0v) is 11.0. The van der Waals surface area contributed by atoms with Gasteiger partial charge in [-0.2, -0.15) is 0 Å². The summed E-state index contributed by atoms with van der Waals surface area (Å²) < 4.78 is 19.1. The number of alkyl halides is 1. The van der Waals surface area contributed by atoms with E-state index in [1.165, 1.54) is 24.7 Å². The number of hydrogen-bond donors (Lipinski definition) is 0. The Morgan fingerprint density at radius 3 is 2.75 bits per heavy atom. The molecular formula is C11H6BrCl2FO. The third-order valence-corrected chi connectivity index (χ3v) is 3.83. The van der Waals surface area contributed by atoms with E-state index in [4.69, 9.17) is 27.6 Å². The van der Waals surface area contributed by atoms with Crippen molar-refractivity contribution in [3.8, 4) is 0 Å². The molecule has 16 heavy (non-hydrogen) atoms. The summed E-state index contributed by atoms with van der Waals surface area (Å²) in [5, 5.41) is -0.185. The lowest BCUT2D eigenvalue weighted by Crippen LogP contribution is -1.96. The van der Waals surface area contributed by atoms with Gasteiger partial charge in [0.25, 0.3) is 0 Å². The molecule has 0 radical (unpaired) electrons. The van der Waals surface area contributed by atoms with Crippen LogP contribution in [0.1, 0.15) is 16.5 Å². The lowest BCUT2D eigenvalue weighted by atomic mass is 10.1. The highest BCUT2D eigenvalue weighted by Gasteiger charge is 2.18. The topological polar surface area (TPSA) is 13.1 Å². The second-order valence-corrected chi connectivity index (χ2v) is 4.91. The van der Waals surface area contributed by atoms with Gasteiger partial charge in [-0.1, -0.05) is 11.6 Å². The van der Waals surface area contributed by atoms with Crippen molar-refractivity contribution in [3.05, 3.63) is 57.2 Å². The normalized spacial score (nSPS) is 12.8. The Labute approximate surface area is 110 Å². The van der Waals surface area contributed by atoms with Gasteiger partial charge in [0.15, 0.2) is 0 Å². The van der Waals surface area contributed by atoms with E-state index in [2.05, 4.69) is 15.9 Å². The van der Waals surface area contributed by atoms with Crippen molar-refractivity contribution in [2.45, 2.75) is 5.38 Å². The number of halogens is 4. The summed E-state index contributed by atoms with van der Waals surface area (Å²) in [5.41, 5.74) is 1.02. The number of rotatable bonds is 2. The molecule has 1 atom stereocenters. The summed E-state index contributed by atoms with van der Waals surface area (Å²) in [6.45, 7) is 0. The average Bonchev–Trinajstić information content (AvgIpc) is 2.75. The maximum Gasteiger partial charge on any atom is 0.129 e. The predicted molar refractivity (Wildman–Crippen MR) is 65.5 cm³/mol. The summed E-state index contributed by atoms with van der Waals surface area (Å²) in [6.07, 6.45) is 2.97. The largest absolute Gasteiger partial charge is 0.472 e. The minimum atomic E-state index is -0.607. The van der Waals surface area contributed by atoms with Gasteiger partial charge in [-0.3, -0.25) is 0 Å². The lowest BCUT2D eigenvalue weighted by Gasteiger charge is -2.10. The molecule has 1 unspecified atom stereocenters. The molecule has 0 N–H and O–H groups in total. The van der Waals surface area contributed by atoms with E-state index < -0.39 is 11.2 Å². The Kier molecular flexibility index (Phi) is 3.57. The molecule has 5 heteroatoms. The van der Waals surface area contributed by atoms with Crippen molar-refractivity contribution in [1.29, 1.82) is 0 Å². The molecule has 1 aromatic heterocycles. The van der Waals surface area contributed by atoms with Crippen molar-refractivity contribution < 1.29 is 8.81 Å². The minimum absolute atomic E-state index is 0.330. The molecule has 0 spiro atoms. The van der Waals surface area contributed by atoms with E-state index in [9.17, 15) is 4.39 Å². The summed E-state index contributed by atoms with van der Waals surface area (Å²) >= 11 is 15.2. The van der Waals surface area contributed by atoms with Crippen LogP contribution in [0.3, 0.4) is 0 Å². The van der Waals surface area contributed by atoms with E-state index in [1.54, 1.807) is 6.07 Å². The number of furan rings is 1. The smallest absolute Gasteiger partial charge is 0.129 e. The molecule has 1 aromatic carbocycles. The zero-order chi connectivity index (χ0) is 11.7. The fraction of sp³-hybridized carbons (Fsp3) is 0.0909. The molecule has 0 saturated heterocycles. The maximum absolute atomic E-state index is 13.7. The van der Waals surface area contributed by atoms with Gasteiger partial charge in [-0.15, -0.1) is 11.6 Å². The van der Waals surface area contributed by atoms with Crippen LogP contribution in [0.2, 0.25) is 5.02 Å². The van der Waals surface area contributed by atoms with Crippen LogP contribution < -0.4 is 0 Å². The standard InChI is InChI=1S/C11H6BrCl2FO/c12-8-4-10(15)7(3-9(8)13)11(14)6-1-2-16-5-6/h1-5,11H. The first kappa shape index (κ1) is 12.0. The average molecular weight is 324 g/mol. The molecule has 0 saturated carbocycles. The van der Waals surface area contributed by atoms with Gasteiger partial charge in [0, 0.05) is 15.6 Å². The highest BCUT2D eigenvalue weighted by molar-refractivity contribution is 9.10. The van der Waals surface area contributed by atoms with Crippen molar-refractivity contribution in [1.82, 2.24) is 0 Å². The zero-order valence-electron chi connectivity index (χ0n) is 7.88. The van der Waals surface area contributed by atoms with Crippen LogP contribution >= 0.6 is 39.1 Å². The summed E-state index contributed by atoms with van der Waals surface area (Å²) in [7, 11) is 0. The molecule has 0 aliphatic heterocycles. The molecule has 84 valence electrons. The predicted octanol–water partition coefficient (Wildman–Crippen LogP) is 5.16. The lowest BCUT2D eigenvalue weighted by molar-refractivity contribution is 0.563. The Morgan fingerprint density at radius 1 is 1.38 bits per heavy atom. The summed E-state index contributed by atoms with van der Waals surface area (Å²) in [5.74, 6) is -0.405. The number of benzene rings is 1. The second kappa shape index (κ2) is 4.78. The first-order chi connectivity index (χ1) is 7.59. The van der Waals surface area contributed by atoms with Gasteiger partial charge in [0.05, 0.1) is 22.9 Å². The molecule has 0 bridgehead atoms. The molecule has 0 fully saturated rings. The summed E-state index contributed by atoms with van der Waals surface area (Å²) in [6, 6.07) is 4.49. The Morgan fingerprint density at radius 2 is 2.12 bits per heavy atom. The molecule has 2 rings (SSSR count). The van der Waals surface area contributed by atoms with E-state index in [-0.39, 0.29) is 0 Å². The van der Waals surface area contributed by atoms with Crippen molar-refractivity contribution >= 4 is 39.1 Å². The number of hydrogen-bond acceptors (Lipinski definition) is 1. The van der Waals surface area contributed by atoms with Crippen LogP contribution in [0, 0.1) is 5.82 Å². The molecule has 0 amide bonds. The van der Waals surface area contributed by atoms with Crippen LogP contribution in [0.4, 0.5) is 4.39 Å². The van der Waals surface area contributed by atoms with Crippen molar-refractivity contribution in [3.63, 3.8) is 0 Å². The van der Waals surface area contributed by atoms with Crippen LogP contribution in [-0.2, 0) is 0 Å². The molecule has 2 aromatic rings. The Bertz CT molecular complexity index is 499. The van der Waals surface area contributed by atoms with Gasteiger partial charge < -0.3 is 4.42 Å². The van der Waals surface area contributed by atoms with Gasteiger partial charge in [-0.05, 0) is 34.1 Å². The van der Waals surface area contributed by atoms with Gasteiger partial charge >= 0.3 is 0 Å². The SMILES string of the molecule is Fc1cc(Br)c(Cl)cc1C(Cl)c1ccoc1. The van der Waals surface area contributed by atoms with Crippen LogP contribution in [0.5, 0.6) is 0 Å². The third kappa shape index (κ3) is 2.26. The Hall–Kier alpha value is -0.510. The maximum atomic E-state index is 13.7. The molecular weight excluding hydrogens is 318 g/mol. The molecule has 0 aliphatic carbocycles. The first-order valence-electron chi connectivity index (χ1n) is 4.40. The Balaban J connectivity index is 2.44. The van der Waals surface area contributed by atoms with E-state index in [0.29, 0.717) is 20.6 Å². The third-order valence-electron chi connectivity index (χ3n) is 2.15. The van der Waals surface area contributed by atoms with Crippen LogP contribution in [-0.4, -0.2) is 0 Å². The molecule has 1 heterocycles. The summed E-state index contributed by atoms with van der Waals surface area (Å²) in [4.78, 5) is 0.